The molecule has 1 amide bonds. The van der Waals surface area contributed by atoms with Crippen LogP contribution in [-0.2, 0) is 27.4 Å². The number of nitrogens with zero attached hydrogens (tertiary/aromatic N) is 3. The molecule has 0 bridgehead atoms. The van der Waals surface area contributed by atoms with E-state index in [0.717, 1.165) is 17.5 Å². The minimum Gasteiger partial charge on any atom is -0.455 e. The summed E-state index contributed by atoms with van der Waals surface area (Å²) in [6.07, 6.45) is 1.10. The molecule has 7 nitrogen and oxygen atoms in total. The van der Waals surface area contributed by atoms with E-state index < -0.39 is 11.9 Å². The zero-order valence-corrected chi connectivity index (χ0v) is 17.7. The van der Waals surface area contributed by atoms with Crippen LogP contribution in [0.2, 0.25) is 0 Å². The van der Waals surface area contributed by atoms with E-state index in [1.54, 1.807) is 4.90 Å². The number of hydrogen-bond donors (Lipinski definition) is 0. The van der Waals surface area contributed by atoms with Crippen molar-refractivity contribution in [1.29, 1.82) is 0 Å². The highest BCUT2D eigenvalue weighted by Gasteiger charge is 2.38. The number of hydrogen-bond acceptors (Lipinski definition) is 6. The SMILES string of the molecule is CCc1ccc(-c2noc(COC(=O)[C@H]3CC(=O)N([C@@H](C)c4ccccc4)C3)n2)cc1. The van der Waals surface area contributed by atoms with Gasteiger partial charge in [-0.05, 0) is 24.5 Å². The second-order valence-electron chi connectivity index (χ2n) is 7.70. The van der Waals surface area contributed by atoms with Gasteiger partial charge in [0, 0.05) is 18.5 Å². The van der Waals surface area contributed by atoms with Gasteiger partial charge in [-0.2, -0.15) is 4.98 Å². The first kappa shape index (κ1) is 20.8. The summed E-state index contributed by atoms with van der Waals surface area (Å²) in [6, 6.07) is 17.6. The third kappa shape index (κ3) is 4.66. The fourth-order valence-corrected chi connectivity index (χ4v) is 3.75. The minimum absolute atomic E-state index is 0.0473. The van der Waals surface area contributed by atoms with Crippen LogP contribution in [0, 0.1) is 5.92 Å². The molecule has 1 aliphatic heterocycles. The van der Waals surface area contributed by atoms with Crippen LogP contribution < -0.4 is 0 Å². The molecule has 1 fully saturated rings. The number of rotatable bonds is 7. The topological polar surface area (TPSA) is 85.5 Å². The second-order valence-corrected chi connectivity index (χ2v) is 7.70. The fourth-order valence-electron chi connectivity index (χ4n) is 3.75. The largest absolute Gasteiger partial charge is 0.455 e. The monoisotopic (exact) mass is 419 g/mol. The molecule has 3 aromatic rings. The van der Waals surface area contributed by atoms with Gasteiger partial charge in [-0.25, -0.2) is 0 Å². The number of amides is 1. The molecule has 0 N–H and O–H groups in total. The molecule has 0 unspecified atom stereocenters. The normalized spacial score (nSPS) is 17.0. The molecule has 1 saturated heterocycles. The van der Waals surface area contributed by atoms with E-state index in [1.807, 2.05) is 61.5 Å². The van der Waals surface area contributed by atoms with E-state index >= 15 is 0 Å². The summed E-state index contributed by atoms with van der Waals surface area (Å²) in [5.74, 6) is -0.297. The molecule has 31 heavy (non-hydrogen) atoms. The van der Waals surface area contributed by atoms with Crippen LogP contribution in [0.4, 0.5) is 0 Å². The molecule has 2 aromatic carbocycles. The van der Waals surface area contributed by atoms with Gasteiger partial charge in [-0.3, -0.25) is 9.59 Å². The second kappa shape index (κ2) is 9.12. The quantitative estimate of drug-likeness (QED) is 0.539. The smallest absolute Gasteiger partial charge is 0.311 e. The lowest BCUT2D eigenvalue weighted by Gasteiger charge is -2.25. The lowest BCUT2D eigenvalue weighted by Crippen LogP contribution is -2.29. The number of carbonyl (C=O) groups excluding carboxylic acids is 2. The Morgan fingerprint density at radius 1 is 1.19 bits per heavy atom. The Bertz CT molecular complexity index is 1050. The molecule has 2 atom stereocenters. The molecule has 0 aliphatic carbocycles. The molecular formula is C24H25N3O4. The molecule has 4 rings (SSSR count). The summed E-state index contributed by atoms with van der Waals surface area (Å²) < 4.78 is 10.6. The van der Waals surface area contributed by atoms with Gasteiger partial charge in [0.25, 0.3) is 5.89 Å². The molecule has 7 heteroatoms. The van der Waals surface area contributed by atoms with E-state index in [2.05, 4.69) is 17.1 Å². The molecule has 0 spiro atoms. The van der Waals surface area contributed by atoms with Crippen LogP contribution >= 0.6 is 0 Å². The standard InChI is InChI=1S/C24H25N3O4/c1-3-17-9-11-19(12-10-17)23-25-21(31-26-23)15-30-24(29)20-13-22(28)27(14-20)16(2)18-7-5-4-6-8-18/h4-12,16,20H,3,13-15H2,1-2H3/t16-,20-/m0/s1. The zero-order valence-electron chi connectivity index (χ0n) is 17.7. The highest BCUT2D eigenvalue weighted by molar-refractivity contribution is 5.87. The summed E-state index contributed by atoms with van der Waals surface area (Å²) >= 11 is 0. The molecular weight excluding hydrogens is 394 g/mol. The van der Waals surface area contributed by atoms with Crippen molar-refractivity contribution in [2.45, 2.75) is 39.3 Å². The molecule has 0 saturated carbocycles. The third-order valence-electron chi connectivity index (χ3n) is 5.67. The van der Waals surface area contributed by atoms with Gasteiger partial charge in [0.2, 0.25) is 11.7 Å². The highest BCUT2D eigenvalue weighted by Crippen LogP contribution is 2.29. The van der Waals surface area contributed by atoms with Crippen molar-refractivity contribution in [3.8, 4) is 11.4 Å². The van der Waals surface area contributed by atoms with E-state index in [-0.39, 0.29) is 30.9 Å². The molecule has 1 aromatic heterocycles. The van der Waals surface area contributed by atoms with Gasteiger partial charge in [0.05, 0.1) is 12.0 Å². The van der Waals surface area contributed by atoms with Gasteiger partial charge in [-0.1, -0.05) is 66.7 Å². The van der Waals surface area contributed by atoms with E-state index in [9.17, 15) is 9.59 Å². The Morgan fingerprint density at radius 3 is 2.65 bits per heavy atom. The van der Waals surface area contributed by atoms with Crippen molar-refractivity contribution in [3.63, 3.8) is 0 Å². The van der Waals surface area contributed by atoms with Gasteiger partial charge in [-0.15, -0.1) is 0 Å². The van der Waals surface area contributed by atoms with Crippen LogP contribution in [0.15, 0.2) is 59.1 Å². The van der Waals surface area contributed by atoms with Crippen molar-refractivity contribution in [2.24, 2.45) is 5.92 Å². The molecule has 0 radical (unpaired) electrons. The predicted octanol–water partition coefficient (Wildman–Crippen LogP) is 3.95. The van der Waals surface area contributed by atoms with Crippen LogP contribution in [0.25, 0.3) is 11.4 Å². The molecule has 160 valence electrons. The van der Waals surface area contributed by atoms with Crippen molar-refractivity contribution < 1.29 is 18.8 Å². The van der Waals surface area contributed by atoms with E-state index in [0.29, 0.717) is 12.4 Å². The number of likely N-dealkylation sites (tertiary alicyclic amines) is 1. The number of carbonyl (C=O) groups is 2. The van der Waals surface area contributed by atoms with Gasteiger partial charge < -0.3 is 14.2 Å². The Morgan fingerprint density at radius 2 is 1.94 bits per heavy atom. The average Bonchev–Trinajstić information content (AvgIpc) is 3.44. The summed E-state index contributed by atoms with van der Waals surface area (Å²) in [5, 5.41) is 3.96. The Hall–Kier alpha value is -3.48. The summed E-state index contributed by atoms with van der Waals surface area (Å²) in [6.45, 7) is 4.29. The molecule has 2 heterocycles. The number of ether oxygens (including phenoxy) is 1. The number of aryl methyl sites for hydroxylation is 1. The average molecular weight is 419 g/mol. The summed E-state index contributed by atoms with van der Waals surface area (Å²) in [4.78, 5) is 31.0. The highest BCUT2D eigenvalue weighted by atomic mass is 16.6. The number of esters is 1. The maximum absolute atomic E-state index is 12.5. The maximum Gasteiger partial charge on any atom is 0.311 e. The third-order valence-corrected chi connectivity index (χ3v) is 5.67. The molecule has 1 aliphatic rings. The lowest BCUT2D eigenvalue weighted by molar-refractivity contribution is -0.150. The van der Waals surface area contributed by atoms with Crippen molar-refractivity contribution in [2.75, 3.05) is 6.54 Å². The van der Waals surface area contributed by atoms with Crippen LogP contribution in [0.3, 0.4) is 0 Å². The van der Waals surface area contributed by atoms with Gasteiger partial charge in [0.15, 0.2) is 6.61 Å². The van der Waals surface area contributed by atoms with Crippen LogP contribution in [-0.4, -0.2) is 33.5 Å². The Labute approximate surface area is 181 Å². The fraction of sp³-hybridized carbons (Fsp3) is 0.333. The number of benzene rings is 2. The number of aromatic nitrogens is 2. The zero-order chi connectivity index (χ0) is 21.8. The lowest BCUT2D eigenvalue weighted by atomic mass is 10.1. The van der Waals surface area contributed by atoms with Gasteiger partial charge >= 0.3 is 5.97 Å². The van der Waals surface area contributed by atoms with E-state index in [1.165, 1.54) is 5.56 Å². The Kier molecular flexibility index (Phi) is 6.11. The first-order valence-electron chi connectivity index (χ1n) is 10.5. The predicted molar refractivity (Wildman–Crippen MR) is 114 cm³/mol. The van der Waals surface area contributed by atoms with Crippen molar-refractivity contribution in [1.82, 2.24) is 15.0 Å². The Balaban J connectivity index is 1.33. The first-order valence-corrected chi connectivity index (χ1v) is 10.5. The van der Waals surface area contributed by atoms with Crippen molar-refractivity contribution in [3.05, 3.63) is 71.6 Å². The summed E-state index contributed by atoms with van der Waals surface area (Å²) in [5.41, 5.74) is 3.10. The van der Waals surface area contributed by atoms with Crippen LogP contribution in [0.5, 0.6) is 0 Å². The first-order chi connectivity index (χ1) is 15.0. The maximum atomic E-state index is 12.5. The summed E-state index contributed by atoms with van der Waals surface area (Å²) in [7, 11) is 0. The van der Waals surface area contributed by atoms with Crippen molar-refractivity contribution >= 4 is 11.9 Å². The van der Waals surface area contributed by atoms with Gasteiger partial charge in [0.1, 0.15) is 0 Å². The minimum atomic E-state index is -0.498. The van der Waals surface area contributed by atoms with E-state index in [4.69, 9.17) is 9.26 Å². The van der Waals surface area contributed by atoms with Crippen LogP contribution in [0.1, 0.15) is 43.3 Å².